The number of anilines is 1. The van der Waals surface area contributed by atoms with Crippen molar-refractivity contribution >= 4 is 5.95 Å². The van der Waals surface area contributed by atoms with Crippen molar-refractivity contribution in [2.75, 3.05) is 11.9 Å². The molecule has 2 aromatic rings. The molecule has 0 saturated carbocycles. The molecule has 1 N–H and O–H groups in total. The molecular formula is C13H19N5. The van der Waals surface area contributed by atoms with Crippen LogP contribution in [0.2, 0.25) is 0 Å². The summed E-state index contributed by atoms with van der Waals surface area (Å²) in [7, 11) is 1.93. The lowest BCUT2D eigenvalue weighted by molar-refractivity contribution is 0.712. The highest BCUT2D eigenvalue weighted by atomic mass is 15.3. The molecular weight excluding hydrogens is 226 g/mol. The Balaban J connectivity index is 2.42. The Kier molecular flexibility index (Phi) is 3.50. The van der Waals surface area contributed by atoms with E-state index in [1.807, 2.05) is 34.8 Å². The lowest BCUT2D eigenvalue weighted by atomic mass is 10.1. The molecule has 0 radical (unpaired) electrons. The maximum Gasteiger partial charge on any atom is 0.207 e. The lowest BCUT2D eigenvalue weighted by Crippen LogP contribution is -2.07. The van der Waals surface area contributed by atoms with Crippen molar-refractivity contribution < 1.29 is 0 Å². The summed E-state index contributed by atoms with van der Waals surface area (Å²) < 4.78 is 3.85. The summed E-state index contributed by atoms with van der Waals surface area (Å²) in [5.74, 6) is 1.18. The quantitative estimate of drug-likeness (QED) is 0.822. The molecule has 0 fully saturated rings. The van der Waals surface area contributed by atoms with E-state index in [0.717, 1.165) is 17.3 Å². The summed E-state index contributed by atoms with van der Waals surface area (Å²) >= 11 is 0. The number of hydrogen-bond donors (Lipinski definition) is 1. The Morgan fingerprint density at radius 1 is 1.50 bits per heavy atom. The predicted octanol–water partition coefficient (Wildman–Crippen LogP) is 2.33. The van der Waals surface area contributed by atoms with Gasteiger partial charge in [0, 0.05) is 32.2 Å². The van der Waals surface area contributed by atoms with E-state index in [4.69, 9.17) is 0 Å². The molecule has 2 heterocycles. The van der Waals surface area contributed by atoms with E-state index < -0.39 is 0 Å². The van der Waals surface area contributed by atoms with Crippen molar-refractivity contribution in [1.82, 2.24) is 19.3 Å². The van der Waals surface area contributed by atoms with Gasteiger partial charge in [-0.05, 0) is 5.92 Å². The second kappa shape index (κ2) is 5.08. The fourth-order valence-electron chi connectivity index (χ4n) is 1.88. The number of rotatable bonds is 5. The van der Waals surface area contributed by atoms with Crippen LogP contribution >= 0.6 is 0 Å². The van der Waals surface area contributed by atoms with Crippen molar-refractivity contribution in [2.24, 2.45) is 7.05 Å². The molecule has 2 aromatic heterocycles. The van der Waals surface area contributed by atoms with E-state index in [0.29, 0.717) is 12.5 Å². The molecule has 18 heavy (non-hydrogen) atoms. The summed E-state index contributed by atoms with van der Waals surface area (Å²) in [6.45, 7) is 8.66. The topological polar surface area (TPSA) is 47.7 Å². The highest BCUT2D eigenvalue weighted by Crippen LogP contribution is 2.23. The van der Waals surface area contributed by atoms with Crippen molar-refractivity contribution in [2.45, 2.75) is 19.8 Å². The molecule has 5 heteroatoms. The molecule has 0 amide bonds. The van der Waals surface area contributed by atoms with Gasteiger partial charge in [-0.15, -0.1) is 6.58 Å². The standard InChI is InChI=1S/C13H19N5/c1-5-6-14-13-15-7-8-18(13)11-9-17(4)16-12(11)10(2)3/h5,7-10H,1,6H2,2-4H3,(H,14,15). The van der Waals surface area contributed by atoms with Crippen molar-refractivity contribution in [3.8, 4) is 5.69 Å². The van der Waals surface area contributed by atoms with E-state index in [1.54, 1.807) is 6.20 Å². The smallest absolute Gasteiger partial charge is 0.207 e. The minimum absolute atomic E-state index is 0.371. The van der Waals surface area contributed by atoms with Gasteiger partial charge in [0.15, 0.2) is 0 Å². The van der Waals surface area contributed by atoms with E-state index in [2.05, 4.69) is 35.8 Å². The molecule has 0 aromatic carbocycles. The van der Waals surface area contributed by atoms with Crippen molar-refractivity contribution in [1.29, 1.82) is 0 Å². The molecule has 96 valence electrons. The maximum atomic E-state index is 4.51. The van der Waals surface area contributed by atoms with Gasteiger partial charge in [-0.25, -0.2) is 4.98 Å². The number of nitrogens with zero attached hydrogens (tertiary/aromatic N) is 4. The Labute approximate surface area is 107 Å². The SMILES string of the molecule is C=CCNc1nccn1-c1cn(C)nc1C(C)C. The van der Waals surface area contributed by atoms with Crippen LogP contribution in [0.15, 0.2) is 31.2 Å². The van der Waals surface area contributed by atoms with Gasteiger partial charge < -0.3 is 5.32 Å². The number of aryl methyl sites for hydroxylation is 1. The Morgan fingerprint density at radius 2 is 2.28 bits per heavy atom. The van der Waals surface area contributed by atoms with Crippen LogP contribution in [-0.2, 0) is 7.05 Å². The highest BCUT2D eigenvalue weighted by molar-refractivity contribution is 5.45. The molecule has 0 aliphatic carbocycles. The molecule has 0 aliphatic heterocycles. The third kappa shape index (κ3) is 2.30. The fraction of sp³-hybridized carbons (Fsp3) is 0.385. The van der Waals surface area contributed by atoms with Crippen molar-refractivity contribution in [3.63, 3.8) is 0 Å². The van der Waals surface area contributed by atoms with Crippen LogP contribution in [0.25, 0.3) is 5.69 Å². The Hall–Kier alpha value is -2.04. The fourth-order valence-corrected chi connectivity index (χ4v) is 1.88. The molecule has 0 aliphatic rings. The van der Waals surface area contributed by atoms with Crippen molar-refractivity contribution in [3.05, 3.63) is 36.9 Å². The number of imidazole rings is 1. The third-order valence-corrected chi connectivity index (χ3v) is 2.69. The molecule has 2 rings (SSSR count). The van der Waals surface area contributed by atoms with Crippen LogP contribution in [0.1, 0.15) is 25.5 Å². The van der Waals surface area contributed by atoms with Crippen LogP contribution in [0, 0.1) is 0 Å². The molecule has 0 saturated heterocycles. The molecule has 0 atom stereocenters. The molecule has 0 unspecified atom stereocenters. The van der Waals surface area contributed by atoms with Gasteiger partial charge in [0.25, 0.3) is 0 Å². The number of aromatic nitrogens is 4. The van der Waals surface area contributed by atoms with Gasteiger partial charge in [-0.1, -0.05) is 19.9 Å². The highest BCUT2D eigenvalue weighted by Gasteiger charge is 2.15. The largest absolute Gasteiger partial charge is 0.352 e. The van der Waals surface area contributed by atoms with E-state index in [9.17, 15) is 0 Å². The molecule has 0 bridgehead atoms. The zero-order valence-corrected chi connectivity index (χ0v) is 11.1. The van der Waals surface area contributed by atoms with Gasteiger partial charge in [0.05, 0.1) is 11.4 Å². The van der Waals surface area contributed by atoms with Crippen LogP contribution in [0.5, 0.6) is 0 Å². The Bertz CT molecular complexity index is 535. The van der Waals surface area contributed by atoms with E-state index in [1.165, 1.54) is 0 Å². The minimum Gasteiger partial charge on any atom is -0.352 e. The number of nitrogens with one attached hydrogen (secondary N) is 1. The monoisotopic (exact) mass is 245 g/mol. The molecule has 0 spiro atoms. The summed E-state index contributed by atoms with van der Waals surface area (Å²) in [5.41, 5.74) is 2.13. The second-order valence-electron chi connectivity index (χ2n) is 4.52. The van der Waals surface area contributed by atoms with Gasteiger partial charge in [0.1, 0.15) is 0 Å². The third-order valence-electron chi connectivity index (χ3n) is 2.69. The van der Waals surface area contributed by atoms with Gasteiger partial charge in [-0.2, -0.15) is 5.10 Å². The predicted molar refractivity (Wildman–Crippen MR) is 73.1 cm³/mol. The minimum atomic E-state index is 0.371. The van der Waals surface area contributed by atoms with Crippen LogP contribution < -0.4 is 5.32 Å². The lowest BCUT2D eigenvalue weighted by Gasteiger charge is -2.09. The molecule has 5 nitrogen and oxygen atoms in total. The van der Waals surface area contributed by atoms with Crippen LogP contribution in [-0.4, -0.2) is 25.9 Å². The normalized spacial score (nSPS) is 10.9. The first-order chi connectivity index (χ1) is 8.63. The first kappa shape index (κ1) is 12.4. The van der Waals surface area contributed by atoms with Crippen LogP contribution in [0.4, 0.5) is 5.95 Å². The van der Waals surface area contributed by atoms with E-state index >= 15 is 0 Å². The average Bonchev–Trinajstić information content (AvgIpc) is 2.91. The first-order valence-corrected chi connectivity index (χ1v) is 6.05. The summed E-state index contributed by atoms with van der Waals surface area (Å²) in [4.78, 5) is 4.31. The van der Waals surface area contributed by atoms with Gasteiger partial charge >= 0.3 is 0 Å². The summed E-state index contributed by atoms with van der Waals surface area (Å²) in [5, 5.41) is 7.72. The zero-order valence-electron chi connectivity index (χ0n) is 11.1. The maximum absolute atomic E-state index is 4.51. The van der Waals surface area contributed by atoms with E-state index in [-0.39, 0.29) is 0 Å². The van der Waals surface area contributed by atoms with Gasteiger partial charge in [0.2, 0.25) is 5.95 Å². The summed E-state index contributed by atoms with van der Waals surface area (Å²) in [6, 6.07) is 0. The second-order valence-corrected chi connectivity index (χ2v) is 4.52. The van der Waals surface area contributed by atoms with Gasteiger partial charge in [-0.3, -0.25) is 9.25 Å². The number of hydrogen-bond acceptors (Lipinski definition) is 3. The average molecular weight is 245 g/mol. The summed E-state index contributed by atoms with van der Waals surface area (Å²) in [6.07, 6.45) is 7.54. The zero-order chi connectivity index (χ0) is 13.1. The first-order valence-electron chi connectivity index (χ1n) is 6.05. The Morgan fingerprint density at radius 3 is 2.94 bits per heavy atom. The van der Waals surface area contributed by atoms with Crippen LogP contribution in [0.3, 0.4) is 0 Å².